The summed E-state index contributed by atoms with van der Waals surface area (Å²) >= 11 is 0. The lowest BCUT2D eigenvalue weighted by Crippen LogP contribution is -2.36. The number of nitrogens with one attached hydrogen (secondary N) is 1. The predicted molar refractivity (Wildman–Crippen MR) is 86.4 cm³/mol. The number of carbonyl (C=O) groups is 1. The van der Waals surface area contributed by atoms with Crippen LogP contribution in [-0.4, -0.2) is 19.6 Å². The maximum absolute atomic E-state index is 12.0. The van der Waals surface area contributed by atoms with Gasteiger partial charge in [0, 0.05) is 6.08 Å². The second kappa shape index (κ2) is 7.41. The van der Waals surface area contributed by atoms with Crippen molar-refractivity contribution in [1.82, 2.24) is 4.72 Å². The molecular formula is C16H23NO3S. The van der Waals surface area contributed by atoms with E-state index in [4.69, 9.17) is 0 Å². The average molecular weight is 309 g/mol. The van der Waals surface area contributed by atoms with Crippen LogP contribution in [0.25, 0.3) is 6.08 Å². The third-order valence-corrected chi connectivity index (χ3v) is 5.46. The molecule has 0 aromatic heterocycles. The molecule has 0 unspecified atom stereocenters. The van der Waals surface area contributed by atoms with Crippen molar-refractivity contribution in [3.05, 3.63) is 41.0 Å². The lowest BCUT2D eigenvalue weighted by atomic mass is 10.1. The van der Waals surface area contributed by atoms with Gasteiger partial charge in [-0.25, -0.2) is 13.1 Å². The smallest absolute Gasteiger partial charge is 0.257 e. The van der Waals surface area contributed by atoms with Crippen LogP contribution in [0.3, 0.4) is 0 Å². The Hall–Kier alpha value is -1.62. The van der Waals surface area contributed by atoms with E-state index in [1.807, 2.05) is 32.0 Å². The van der Waals surface area contributed by atoms with Crippen LogP contribution in [0.4, 0.5) is 0 Å². The first-order chi connectivity index (χ1) is 9.80. The lowest BCUT2D eigenvalue weighted by molar-refractivity contribution is -0.114. The minimum Gasteiger partial charge on any atom is -0.269 e. The summed E-state index contributed by atoms with van der Waals surface area (Å²) in [4.78, 5) is 11.8. The Morgan fingerprint density at radius 3 is 2.38 bits per heavy atom. The zero-order chi connectivity index (χ0) is 16.0. The third-order valence-electron chi connectivity index (χ3n) is 3.43. The van der Waals surface area contributed by atoms with Gasteiger partial charge in [0.15, 0.2) is 0 Å². The standard InChI is InChI=1S/C16H23NO3S/c1-5-15(6-2)21(19,20)17-16(18)10-9-14-8-7-12(3)11-13(14)4/h7-11,15H,5-6H2,1-4H3,(H,17,18)/b10-9+. The second-order valence-electron chi connectivity index (χ2n) is 5.14. The van der Waals surface area contributed by atoms with E-state index in [-0.39, 0.29) is 0 Å². The molecule has 0 bridgehead atoms. The molecule has 1 aromatic rings. The summed E-state index contributed by atoms with van der Waals surface area (Å²) in [6.45, 7) is 7.54. The minimum atomic E-state index is -3.59. The first-order valence-electron chi connectivity index (χ1n) is 7.11. The van der Waals surface area contributed by atoms with Crippen LogP contribution in [0.5, 0.6) is 0 Å². The summed E-state index contributed by atoms with van der Waals surface area (Å²) in [5.41, 5.74) is 3.09. The third kappa shape index (κ3) is 5.01. The molecule has 1 rings (SSSR count). The van der Waals surface area contributed by atoms with E-state index in [1.165, 1.54) is 6.08 Å². The predicted octanol–water partition coefficient (Wildman–Crippen LogP) is 2.95. The molecule has 0 aliphatic carbocycles. The number of hydrogen-bond donors (Lipinski definition) is 1. The van der Waals surface area contributed by atoms with E-state index in [2.05, 4.69) is 4.72 Å². The maximum Gasteiger partial charge on any atom is 0.257 e. The highest BCUT2D eigenvalue weighted by Gasteiger charge is 2.23. The summed E-state index contributed by atoms with van der Waals surface area (Å²) in [5, 5.41) is -0.532. The van der Waals surface area contributed by atoms with E-state index in [1.54, 1.807) is 19.9 Å². The molecule has 0 radical (unpaired) electrons. The maximum atomic E-state index is 12.0. The first kappa shape index (κ1) is 17.4. The molecule has 21 heavy (non-hydrogen) atoms. The monoisotopic (exact) mass is 309 g/mol. The molecular weight excluding hydrogens is 286 g/mol. The van der Waals surface area contributed by atoms with Crippen molar-refractivity contribution in [2.45, 2.75) is 45.8 Å². The Bertz CT molecular complexity index is 629. The van der Waals surface area contributed by atoms with Gasteiger partial charge in [-0.15, -0.1) is 0 Å². The summed E-state index contributed by atoms with van der Waals surface area (Å²) in [6, 6.07) is 5.87. The van der Waals surface area contributed by atoms with Crippen molar-refractivity contribution in [2.24, 2.45) is 0 Å². The number of amides is 1. The van der Waals surface area contributed by atoms with Gasteiger partial charge >= 0.3 is 0 Å². The molecule has 4 nitrogen and oxygen atoms in total. The van der Waals surface area contributed by atoms with Gasteiger partial charge in [0.1, 0.15) is 0 Å². The fraction of sp³-hybridized carbons (Fsp3) is 0.438. The SMILES string of the molecule is CCC(CC)S(=O)(=O)NC(=O)/C=C/c1ccc(C)cc1C. The summed E-state index contributed by atoms with van der Waals surface area (Å²) in [6.07, 6.45) is 3.86. The Morgan fingerprint density at radius 1 is 1.24 bits per heavy atom. The number of carbonyl (C=O) groups excluding carboxylic acids is 1. The van der Waals surface area contributed by atoms with Crippen LogP contribution in [0.15, 0.2) is 24.3 Å². The van der Waals surface area contributed by atoms with Crippen molar-refractivity contribution < 1.29 is 13.2 Å². The summed E-state index contributed by atoms with van der Waals surface area (Å²) < 4.78 is 26.0. The van der Waals surface area contributed by atoms with E-state index >= 15 is 0 Å². The largest absolute Gasteiger partial charge is 0.269 e. The van der Waals surface area contributed by atoms with Gasteiger partial charge in [-0.1, -0.05) is 37.6 Å². The number of sulfonamides is 1. The Kier molecular flexibility index (Phi) is 6.15. The van der Waals surface area contributed by atoms with E-state index < -0.39 is 21.2 Å². The molecule has 116 valence electrons. The zero-order valence-corrected chi connectivity index (χ0v) is 13.8. The van der Waals surface area contributed by atoms with E-state index in [9.17, 15) is 13.2 Å². The van der Waals surface area contributed by atoms with E-state index in [0.717, 1.165) is 16.7 Å². The molecule has 0 spiro atoms. The van der Waals surface area contributed by atoms with Crippen LogP contribution in [0.2, 0.25) is 0 Å². The van der Waals surface area contributed by atoms with Gasteiger partial charge in [0.05, 0.1) is 5.25 Å². The lowest BCUT2D eigenvalue weighted by Gasteiger charge is -2.13. The first-order valence-corrected chi connectivity index (χ1v) is 8.65. The Labute approximate surface area is 127 Å². The molecule has 0 atom stereocenters. The van der Waals surface area contributed by atoms with Crippen LogP contribution in [0, 0.1) is 13.8 Å². The molecule has 0 aliphatic heterocycles. The summed E-state index contributed by atoms with van der Waals surface area (Å²) in [7, 11) is -3.59. The van der Waals surface area contributed by atoms with Crippen LogP contribution >= 0.6 is 0 Å². The normalized spacial score (nSPS) is 12.0. The van der Waals surface area contributed by atoms with Gasteiger partial charge in [0.2, 0.25) is 10.0 Å². The van der Waals surface area contributed by atoms with Crippen molar-refractivity contribution >= 4 is 22.0 Å². The van der Waals surface area contributed by atoms with Crippen LogP contribution in [-0.2, 0) is 14.8 Å². The van der Waals surface area contributed by atoms with Crippen LogP contribution in [0.1, 0.15) is 43.4 Å². The van der Waals surface area contributed by atoms with Gasteiger partial charge < -0.3 is 0 Å². The summed E-state index contributed by atoms with van der Waals surface area (Å²) in [5.74, 6) is -0.609. The van der Waals surface area contributed by atoms with Crippen molar-refractivity contribution in [2.75, 3.05) is 0 Å². The number of aryl methyl sites for hydroxylation is 2. The Balaban J connectivity index is 2.80. The fourth-order valence-electron chi connectivity index (χ4n) is 2.16. The molecule has 5 heteroatoms. The number of benzene rings is 1. The highest BCUT2D eigenvalue weighted by Crippen LogP contribution is 2.12. The van der Waals surface area contributed by atoms with Crippen molar-refractivity contribution in [3.8, 4) is 0 Å². The number of rotatable bonds is 6. The van der Waals surface area contributed by atoms with Gasteiger partial charge in [-0.2, -0.15) is 0 Å². The molecule has 0 saturated heterocycles. The highest BCUT2D eigenvalue weighted by atomic mass is 32.2. The molecule has 0 fully saturated rings. The average Bonchev–Trinajstić information content (AvgIpc) is 2.38. The zero-order valence-electron chi connectivity index (χ0n) is 13.0. The van der Waals surface area contributed by atoms with Crippen molar-refractivity contribution in [3.63, 3.8) is 0 Å². The fourth-order valence-corrected chi connectivity index (χ4v) is 3.56. The molecule has 0 saturated carbocycles. The quantitative estimate of drug-likeness (QED) is 0.822. The van der Waals surface area contributed by atoms with Crippen molar-refractivity contribution in [1.29, 1.82) is 0 Å². The van der Waals surface area contributed by atoms with Crippen LogP contribution < -0.4 is 4.72 Å². The molecule has 1 amide bonds. The molecule has 0 aliphatic rings. The minimum absolute atomic E-state index is 0.486. The van der Waals surface area contributed by atoms with Gasteiger partial charge in [0.25, 0.3) is 5.91 Å². The Morgan fingerprint density at radius 2 is 1.86 bits per heavy atom. The second-order valence-corrected chi connectivity index (χ2v) is 7.10. The van der Waals surface area contributed by atoms with Gasteiger partial charge in [-0.05, 0) is 43.9 Å². The highest BCUT2D eigenvalue weighted by molar-refractivity contribution is 7.90. The van der Waals surface area contributed by atoms with E-state index in [0.29, 0.717) is 12.8 Å². The topological polar surface area (TPSA) is 63.2 Å². The molecule has 1 N–H and O–H groups in total. The molecule has 0 heterocycles. The molecule has 1 aromatic carbocycles. The number of hydrogen-bond acceptors (Lipinski definition) is 3. The van der Waals surface area contributed by atoms with Gasteiger partial charge in [-0.3, -0.25) is 4.79 Å².